The van der Waals surface area contributed by atoms with Gasteiger partial charge in [-0.2, -0.15) is 0 Å². The predicted octanol–water partition coefficient (Wildman–Crippen LogP) is 1.02. The maximum Gasteiger partial charge on any atom is 0.377 e. The third-order valence-electron chi connectivity index (χ3n) is 1.89. The zero-order chi connectivity index (χ0) is 13.2. The van der Waals surface area contributed by atoms with Crippen LogP contribution in [0, 0.1) is 11.6 Å². The van der Waals surface area contributed by atoms with Gasteiger partial charge in [0, 0.05) is 5.56 Å². The Hall–Kier alpha value is -2.31. The van der Waals surface area contributed by atoms with Crippen LogP contribution >= 0.6 is 0 Å². The Kier molecular flexibility index (Phi) is 3.52. The SMILES string of the molecule is COC(=O)c1cc(C(=O)C(=O)O)cc(F)c1F. The van der Waals surface area contributed by atoms with E-state index in [2.05, 4.69) is 4.74 Å². The van der Waals surface area contributed by atoms with Crippen molar-refractivity contribution in [1.29, 1.82) is 0 Å². The molecule has 0 saturated heterocycles. The molecule has 0 aliphatic carbocycles. The molecule has 0 radical (unpaired) electrons. The smallest absolute Gasteiger partial charge is 0.377 e. The summed E-state index contributed by atoms with van der Waals surface area (Å²) in [5.41, 5.74) is -1.48. The van der Waals surface area contributed by atoms with Gasteiger partial charge in [0.05, 0.1) is 12.7 Å². The monoisotopic (exact) mass is 244 g/mol. The van der Waals surface area contributed by atoms with Crippen molar-refractivity contribution in [2.24, 2.45) is 0 Å². The molecule has 0 saturated carbocycles. The fourth-order valence-electron chi connectivity index (χ4n) is 1.10. The Morgan fingerprint density at radius 3 is 2.29 bits per heavy atom. The summed E-state index contributed by atoms with van der Waals surface area (Å²) in [5.74, 6) is -7.50. The molecular formula is C10H6F2O5. The lowest BCUT2D eigenvalue weighted by Crippen LogP contribution is -2.15. The zero-order valence-electron chi connectivity index (χ0n) is 8.49. The molecule has 0 bridgehead atoms. The van der Waals surface area contributed by atoms with Crippen LogP contribution in [0.15, 0.2) is 12.1 Å². The number of benzene rings is 1. The van der Waals surface area contributed by atoms with Gasteiger partial charge in [-0.25, -0.2) is 18.4 Å². The first-order chi connectivity index (χ1) is 7.88. The molecule has 0 heterocycles. The van der Waals surface area contributed by atoms with Gasteiger partial charge in [0.15, 0.2) is 11.6 Å². The van der Waals surface area contributed by atoms with Crippen molar-refractivity contribution in [3.8, 4) is 0 Å². The van der Waals surface area contributed by atoms with E-state index in [1.165, 1.54) is 0 Å². The van der Waals surface area contributed by atoms with Crippen molar-refractivity contribution < 1.29 is 33.0 Å². The van der Waals surface area contributed by atoms with Gasteiger partial charge >= 0.3 is 11.9 Å². The Morgan fingerprint density at radius 1 is 1.24 bits per heavy atom. The minimum atomic E-state index is -1.84. The lowest BCUT2D eigenvalue weighted by molar-refractivity contribution is -0.131. The van der Waals surface area contributed by atoms with E-state index in [0.29, 0.717) is 12.1 Å². The summed E-state index contributed by atoms with van der Waals surface area (Å²) >= 11 is 0. The molecular weight excluding hydrogens is 238 g/mol. The molecule has 7 heteroatoms. The number of rotatable bonds is 3. The summed E-state index contributed by atoms with van der Waals surface area (Å²) in [6.45, 7) is 0. The Bertz CT molecular complexity index is 510. The molecule has 0 unspecified atom stereocenters. The summed E-state index contributed by atoms with van der Waals surface area (Å²) in [7, 11) is 0.936. The maximum atomic E-state index is 13.1. The van der Waals surface area contributed by atoms with Gasteiger partial charge in [-0.05, 0) is 12.1 Å². The van der Waals surface area contributed by atoms with Crippen molar-refractivity contribution in [2.45, 2.75) is 0 Å². The van der Waals surface area contributed by atoms with Gasteiger partial charge in [0.2, 0.25) is 0 Å². The van der Waals surface area contributed by atoms with Crippen LogP contribution in [0.1, 0.15) is 20.7 Å². The quantitative estimate of drug-likeness (QED) is 0.487. The highest BCUT2D eigenvalue weighted by atomic mass is 19.2. The van der Waals surface area contributed by atoms with Gasteiger partial charge in [-0.15, -0.1) is 0 Å². The lowest BCUT2D eigenvalue weighted by atomic mass is 10.1. The number of hydrogen-bond acceptors (Lipinski definition) is 4. The number of ether oxygens (including phenoxy) is 1. The number of esters is 1. The maximum absolute atomic E-state index is 13.1. The zero-order valence-corrected chi connectivity index (χ0v) is 8.49. The second kappa shape index (κ2) is 4.69. The van der Waals surface area contributed by atoms with Gasteiger partial charge in [-0.3, -0.25) is 4.79 Å². The fourth-order valence-corrected chi connectivity index (χ4v) is 1.10. The summed E-state index contributed by atoms with van der Waals surface area (Å²) in [6, 6.07) is 1.03. The summed E-state index contributed by atoms with van der Waals surface area (Å²) in [6.07, 6.45) is 0. The molecule has 90 valence electrons. The van der Waals surface area contributed by atoms with Crippen molar-refractivity contribution in [3.05, 3.63) is 34.9 Å². The number of methoxy groups -OCH3 is 1. The van der Waals surface area contributed by atoms with Gasteiger partial charge in [0.1, 0.15) is 0 Å². The summed E-state index contributed by atoms with van der Waals surface area (Å²) in [5, 5.41) is 8.40. The Balaban J connectivity index is 3.38. The molecule has 1 rings (SSSR count). The summed E-state index contributed by atoms with van der Waals surface area (Å²) < 4.78 is 30.3. The molecule has 1 N–H and O–H groups in total. The molecule has 17 heavy (non-hydrogen) atoms. The Morgan fingerprint density at radius 2 is 1.82 bits per heavy atom. The molecule has 5 nitrogen and oxygen atoms in total. The van der Waals surface area contributed by atoms with Crippen molar-refractivity contribution >= 4 is 17.7 Å². The van der Waals surface area contributed by atoms with Crippen molar-refractivity contribution in [1.82, 2.24) is 0 Å². The molecule has 0 fully saturated rings. The van der Waals surface area contributed by atoms with Gasteiger partial charge < -0.3 is 9.84 Å². The molecule has 1 aromatic rings. The van der Waals surface area contributed by atoms with Crippen LogP contribution in [0.4, 0.5) is 8.78 Å². The van der Waals surface area contributed by atoms with E-state index in [-0.39, 0.29) is 0 Å². The third-order valence-corrected chi connectivity index (χ3v) is 1.89. The van der Waals surface area contributed by atoms with E-state index in [1.54, 1.807) is 0 Å². The normalized spacial score (nSPS) is 9.82. The minimum absolute atomic E-state index is 0.401. The fraction of sp³-hybridized carbons (Fsp3) is 0.100. The topological polar surface area (TPSA) is 80.7 Å². The standard InChI is InChI=1S/C10H6F2O5/c1-17-10(16)5-2-4(8(13)9(14)15)3-6(11)7(5)12/h2-3H,1H3,(H,14,15). The van der Waals surface area contributed by atoms with Crippen LogP contribution in [0.5, 0.6) is 0 Å². The van der Waals surface area contributed by atoms with E-state index in [1.807, 2.05) is 0 Å². The average molecular weight is 244 g/mol. The molecule has 1 aromatic carbocycles. The van der Waals surface area contributed by atoms with Gasteiger partial charge in [0.25, 0.3) is 5.78 Å². The molecule has 0 aliphatic rings. The highest BCUT2D eigenvalue weighted by Crippen LogP contribution is 2.16. The molecule has 0 aromatic heterocycles. The minimum Gasteiger partial charge on any atom is -0.475 e. The first kappa shape index (κ1) is 12.8. The predicted molar refractivity (Wildman–Crippen MR) is 49.7 cm³/mol. The summed E-state index contributed by atoms with van der Waals surface area (Å²) in [4.78, 5) is 32.4. The number of halogens is 2. The second-order valence-electron chi connectivity index (χ2n) is 2.95. The van der Waals surface area contributed by atoms with Crippen LogP contribution in [0.3, 0.4) is 0 Å². The number of hydrogen-bond donors (Lipinski definition) is 1. The van der Waals surface area contributed by atoms with Crippen LogP contribution < -0.4 is 0 Å². The highest BCUT2D eigenvalue weighted by molar-refractivity contribution is 6.40. The van der Waals surface area contributed by atoms with E-state index in [4.69, 9.17) is 5.11 Å². The van der Waals surface area contributed by atoms with Crippen LogP contribution in [0.2, 0.25) is 0 Å². The van der Waals surface area contributed by atoms with Gasteiger partial charge in [-0.1, -0.05) is 0 Å². The van der Waals surface area contributed by atoms with E-state index < -0.39 is 40.5 Å². The highest BCUT2D eigenvalue weighted by Gasteiger charge is 2.23. The second-order valence-corrected chi connectivity index (χ2v) is 2.95. The number of carboxylic acids is 1. The van der Waals surface area contributed by atoms with Crippen LogP contribution in [-0.2, 0) is 9.53 Å². The number of carbonyl (C=O) groups excluding carboxylic acids is 2. The average Bonchev–Trinajstić information content (AvgIpc) is 2.30. The molecule has 0 atom stereocenters. The molecule has 0 aliphatic heterocycles. The van der Waals surface area contributed by atoms with Crippen LogP contribution in [-0.4, -0.2) is 29.9 Å². The van der Waals surface area contributed by atoms with Crippen LogP contribution in [0.25, 0.3) is 0 Å². The lowest BCUT2D eigenvalue weighted by Gasteiger charge is -2.04. The third kappa shape index (κ3) is 2.44. The Labute approximate surface area is 93.6 Å². The number of carboxylic acid groups (broad SMARTS) is 1. The van der Waals surface area contributed by atoms with Crippen molar-refractivity contribution in [3.63, 3.8) is 0 Å². The van der Waals surface area contributed by atoms with E-state index >= 15 is 0 Å². The first-order valence-corrected chi connectivity index (χ1v) is 4.23. The number of carbonyl (C=O) groups is 3. The largest absolute Gasteiger partial charge is 0.475 e. The van der Waals surface area contributed by atoms with E-state index in [0.717, 1.165) is 7.11 Å². The number of ketones is 1. The first-order valence-electron chi connectivity index (χ1n) is 4.23. The molecule has 0 spiro atoms. The van der Waals surface area contributed by atoms with E-state index in [9.17, 15) is 23.2 Å². The van der Waals surface area contributed by atoms with Crippen molar-refractivity contribution in [2.75, 3.05) is 7.11 Å². The number of Topliss-reactive ketones (excluding diaryl/α,β-unsaturated/α-hetero) is 1. The number of aliphatic carboxylic acids is 1. The molecule has 0 amide bonds.